The van der Waals surface area contributed by atoms with Gasteiger partial charge in [-0.25, -0.2) is 0 Å². The lowest BCUT2D eigenvalue weighted by molar-refractivity contribution is 0.144. The van der Waals surface area contributed by atoms with Crippen molar-refractivity contribution >= 4 is 11.6 Å². The molecule has 4 heteroatoms. The van der Waals surface area contributed by atoms with Crippen LogP contribution in [0, 0.1) is 0 Å². The van der Waals surface area contributed by atoms with Crippen molar-refractivity contribution in [1.29, 1.82) is 0 Å². The molecule has 1 aromatic rings. The van der Waals surface area contributed by atoms with E-state index in [1.54, 1.807) is 12.1 Å². The van der Waals surface area contributed by atoms with Crippen LogP contribution in [0.1, 0.15) is 44.8 Å². The van der Waals surface area contributed by atoms with E-state index in [1.165, 1.54) is 12.8 Å². The lowest BCUT2D eigenvalue weighted by Crippen LogP contribution is -2.22. The van der Waals surface area contributed by atoms with Crippen LogP contribution in [0.4, 0.5) is 0 Å². The second-order valence-electron chi connectivity index (χ2n) is 5.08. The number of halogens is 1. The number of aliphatic hydroxyl groups excluding tert-OH is 1. The van der Waals surface area contributed by atoms with Crippen LogP contribution < -0.4 is 4.74 Å². The summed E-state index contributed by atoms with van der Waals surface area (Å²) in [6, 6.07) is 5.41. The molecule has 0 saturated carbocycles. The highest BCUT2D eigenvalue weighted by atomic mass is 35.5. The van der Waals surface area contributed by atoms with Gasteiger partial charge in [0.15, 0.2) is 0 Å². The van der Waals surface area contributed by atoms with E-state index in [2.05, 4.69) is 18.9 Å². The van der Waals surface area contributed by atoms with Gasteiger partial charge in [-0.05, 0) is 51.6 Å². The van der Waals surface area contributed by atoms with Crippen LogP contribution in [0.15, 0.2) is 18.2 Å². The van der Waals surface area contributed by atoms with Gasteiger partial charge < -0.3 is 14.7 Å². The number of aliphatic hydroxyl groups is 1. The highest BCUT2D eigenvalue weighted by Gasteiger charge is 2.15. The molecule has 1 rings (SSSR count). The minimum atomic E-state index is -0.542. The Labute approximate surface area is 127 Å². The first kappa shape index (κ1) is 17.3. The van der Waals surface area contributed by atoms with Gasteiger partial charge >= 0.3 is 0 Å². The Morgan fingerprint density at radius 3 is 2.70 bits per heavy atom. The zero-order valence-electron chi connectivity index (χ0n) is 12.7. The Hall–Kier alpha value is -0.770. The van der Waals surface area contributed by atoms with Crippen molar-refractivity contribution in [3.8, 4) is 5.75 Å². The average Bonchev–Trinajstić information content (AvgIpc) is 2.44. The number of unbranched alkanes of at least 4 members (excludes halogenated alkanes) is 1. The number of hydrogen-bond acceptors (Lipinski definition) is 3. The number of rotatable bonds is 9. The molecule has 0 spiro atoms. The summed E-state index contributed by atoms with van der Waals surface area (Å²) in [4.78, 5) is 2.25. The quantitative estimate of drug-likeness (QED) is 0.751. The summed E-state index contributed by atoms with van der Waals surface area (Å²) in [7, 11) is 2.09. The smallest absolute Gasteiger partial charge is 0.125 e. The summed E-state index contributed by atoms with van der Waals surface area (Å²) < 4.78 is 5.55. The van der Waals surface area contributed by atoms with Gasteiger partial charge in [0.05, 0.1) is 12.7 Å². The third-order valence-electron chi connectivity index (χ3n) is 3.31. The van der Waals surface area contributed by atoms with E-state index >= 15 is 0 Å². The predicted octanol–water partition coefficient (Wildman–Crippen LogP) is 3.89. The van der Waals surface area contributed by atoms with Crippen molar-refractivity contribution in [1.82, 2.24) is 4.90 Å². The minimum absolute atomic E-state index is 0.542. The van der Waals surface area contributed by atoms with Crippen LogP contribution in [-0.2, 0) is 0 Å². The Morgan fingerprint density at radius 1 is 1.30 bits per heavy atom. The summed E-state index contributed by atoms with van der Waals surface area (Å²) in [5.41, 5.74) is 0.781. The third kappa shape index (κ3) is 5.70. The molecule has 0 amide bonds. The molecule has 1 N–H and O–H groups in total. The third-order valence-corrected chi connectivity index (χ3v) is 3.54. The zero-order chi connectivity index (χ0) is 15.0. The van der Waals surface area contributed by atoms with Crippen molar-refractivity contribution in [2.45, 2.75) is 39.2 Å². The van der Waals surface area contributed by atoms with Crippen molar-refractivity contribution in [2.75, 3.05) is 26.7 Å². The molecule has 0 aliphatic carbocycles. The van der Waals surface area contributed by atoms with Crippen molar-refractivity contribution in [3.05, 3.63) is 28.8 Å². The van der Waals surface area contributed by atoms with E-state index in [9.17, 15) is 5.11 Å². The van der Waals surface area contributed by atoms with E-state index in [1.807, 2.05) is 13.0 Å². The van der Waals surface area contributed by atoms with Crippen LogP contribution in [0.5, 0.6) is 5.75 Å². The van der Waals surface area contributed by atoms with E-state index in [0.29, 0.717) is 18.1 Å². The number of ether oxygens (including phenoxy) is 1. The van der Waals surface area contributed by atoms with Crippen molar-refractivity contribution < 1.29 is 9.84 Å². The first-order chi connectivity index (χ1) is 9.58. The molecule has 3 nitrogen and oxygen atoms in total. The highest BCUT2D eigenvalue weighted by molar-refractivity contribution is 6.30. The molecule has 1 unspecified atom stereocenters. The monoisotopic (exact) mass is 299 g/mol. The molecule has 0 saturated heterocycles. The maximum absolute atomic E-state index is 10.4. The van der Waals surface area contributed by atoms with Crippen LogP contribution in [0.3, 0.4) is 0 Å². The molecule has 20 heavy (non-hydrogen) atoms. The topological polar surface area (TPSA) is 32.7 Å². The van der Waals surface area contributed by atoms with E-state index in [4.69, 9.17) is 16.3 Å². The SMILES string of the molecule is CCCCN(C)CCC(O)c1cc(Cl)ccc1OCC. The molecule has 0 fully saturated rings. The van der Waals surface area contributed by atoms with Gasteiger partial charge in [0, 0.05) is 17.1 Å². The maximum Gasteiger partial charge on any atom is 0.125 e. The summed E-state index contributed by atoms with van der Waals surface area (Å²) >= 11 is 6.02. The van der Waals surface area contributed by atoms with Gasteiger partial charge in [0.1, 0.15) is 5.75 Å². The summed E-state index contributed by atoms with van der Waals surface area (Å²) in [5.74, 6) is 0.723. The first-order valence-corrected chi connectivity index (χ1v) is 7.75. The van der Waals surface area contributed by atoms with Crippen LogP contribution >= 0.6 is 11.6 Å². The summed E-state index contributed by atoms with van der Waals surface area (Å²) in [6.45, 7) is 6.63. The lowest BCUT2D eigenvalue weighted by Gasteiger charge is -2.20. The average molecular weight is 300 g/mol. The van der Waals surface area contributed by atoms with E-state index < -0.39 is 6.10 Å². The Bertz CT molecular complexity index is 398. The Balaban J connectivity index is 2.61. The molecule has 0 aliphatic rings. The van der Waals surface area contributed by atoms with Crippen molar-refractivity contribution in [2.24, 2.45) is 0 Å². The van der Waals surface area contributed by atoms with Crippen LogP contribution in [0.2, 0.25) is 5.02 Å². The van der Waals surface area contributed by atoms with Gasteiger partial charge in [0.25, 0.3) is 0 Å². The van der Waals surface area contributed by atoms with E-state index in [-0.39, 0.29) is 0 Å². The standard InChI is InChI=1S/C16H26ClNO2/c1-4-6-10-18(3)11-9-15(19)14-12-13(17)7-8-16(14)20-5-2/h7-8,12,15,19H,4-6,9-11H2,1-3H3. The molecule has 0 bridgehead atoms. The second kappa shape index (κ2) is 9.22. The maximum atomic E-state index is 10.4. The fourth-order valence-corrected chi connectivity index (χ4v) is 2.29. The molecular weight excluding hydrogens is 274 g/mol. The van der Waals surface area contributed by atoms with Gasteiger partial charge in [0.2, 0.25) is 0 Å². The molecule has 0 heterocycles. The molecule has 0 radical (unpaired) electrons. The fourth-order valence-electron chi connectivity index (χ4n) is 2.10. The van der Waals surface area contributed by atoms with Gasteiger partial charge in [-0.1, -0.05) is 24.9 Å². The molecule has 0 aliphatic heterocycles. The second-order valence-corrected chi connectivity index (χ2v) is 5.51. The molecule has 114 valence electrons. The number of hydrogen-bond donors (Lipinski definition) is 1. The molecule has 1 atom stereocenters. The highest BCUT2D eigenvalue weighted by Crippen LogP contribution is 2.30. The largest absolute Gasteiger partial charge is 0.493 e. The van der Waals surface area contributed by atoms with Crippen LogP contribution in [0.25, 0.3) is 0 Å². The van der Waals surface area contributed by atoms with Gasteiger partial charge in [-0.15, -0.1) is 0 Å². The van der Waals surface area contributed by atoms with Crippen molar-refractivity contribution in [3.63, 3.8) is 0 Å². The summed E-state index contributed by atoms with van der Waals surface area (Å²) in [6.07, 6.45) is 2.52. The summed E-state index contributed by atoms with van der Waals surface area (Å²) in [5, 5.41) is 11.0. The normalized spacial score (nSPS) is 12.7. The Kier molecular flexibility index (Phi) is 7.97. The predicted molar refractivity (Wildman–Crippen MR) is 84.6 cm³/mol. The number of benzene rings is 1. The first-order valence-electron chi connectivity index (χ1n) is 7.37. The van der Waals surface area contributed by atoms with Gasteiger partial charge in [-0.3, -0.25) is 0 Å². The van der Waals surface area contributed by atoms with Gasteiger partial charge in [-0.2, -0.15) is 0 Å². The molecule has 1 aromatic carbocycles. The Morgan fingerprint density at radius 2 is 2.05 bits per heavy atom. The fraction of sp³-hybridized carbons (Fsp3) is 0.625. The van der Waals surface area contributed by atoms with Crippen LogP contribution in [-0.4, -0.2) is 36.8 Å². The molecular formula is C16H26ClNO2. The minimum Gasteiger partial charge on any atom is -0.493 e. The molecule has 0 aromatic heterocycles. The van der Waals surface area contributed by atoms with E-state index in [0.717, 1.165) is 24.4 Å². The number of nitrogens with zero attached hydrogens (tertiary/aromatic N) is 1. The zero-order valence-corrected chi connectivity index (χ0v) is 13.5. The lowest BCUT2D eigenvalue weighted by atomic mass is 10.1.